The van der Waals surface area contributed by atoms with Crippen LogP contribution in [0.2, 0.25) is 0 Å². The molecule has 0 saturated carbocycles. The quantitative estimate of drug-likeness (QED) is 0.332. The molecule has 3 rings (SSSR count). The topological polar surface area (TPSA) is 65.7 Å². The van der Waals surface area contributed by atoms with E-state index in [0.717, 1.165) is 29.4 Å². The molecule has 0 amide bonds. The van der Waals surface area contributed by atoms with Crippen molar-refractivity contribution in [2.24, 2.45) is 0 Å². The predicted octanol–water partition coefficient (Wildman–Crippen LogP) is 4.87. The van der Waals surface area contributed by atoms with Crippen molar-refractivity contribution in [1.29, 1.82) is 0 Å². The standard InChI is InChI=1S/C23H24O5/c1-4-15-7-10-19(16(5-2)11-15)20-12-17-8-9-18(13-21(17)28-23(20)25)26-14-27-22(24)6-3/h7-13H,4-6,14H2,1-3H3. The van der Waals surface area contributed by atoms with E-state index in [1.165, 1.54) is 5.56 Å². The summed E-state index contributed by atoms with van der Waals surface area (Å²) in [6.45, 7) is 5.73. The predicted molar refractivity (Wildman–Crippen MR) is 109 cm³/mol. The number of carbonyl (C=O) groups is 1. The zero-order chi connectivity index (χ0) is 20.1. The van der Waals surface area contributed by atoms with Crippen LogP contribution in [0.3, 0.4) is 0 Å². The van der Waals surface area contributed by atoms with Gasteiger partial charge in [0.05, 0.1) is 5.56 Å². The fourth-order valence-electron chi connectivity index (χ4n) is 3.06. The van der Waals surface area contributed by atoms with Crippen molar-refractivity contribution < 1.29 is 18.7 Å². The van der Waals surface area contributed by atoms with Gasteiger partial charge in [0.25, 0.3) is 0 Å². The number of esters is 1. The highest BCUT2D eigenvalue weighted by atomic mass is 16.7. The molecule has 0 N–H and O–H groups in total. The molecule has 146 valence electrons. The van der Waals surface area contributed by atoms with Crippen molar-refractivity contribution in [3.05, 3.63) is 64.0 Å². The SMILES string of the molecule is CCC(=O)OCOc1ccc2cc(-c3ccc(CC)cc3CC)c(=O)oc2c1. The molecule has 0 aliphatic heterocycles. The normalized spacial score (nSPS) is 10.8. The Balaban J connectivity index is 1.93. The number of fused-ring (bicyclic) bond motifs is 1. The summed E-state index contributed by atoms with van der Waals surface area (Å²) in [5, 5.41) is 0.800. The Morgan fingerprint density at radius 3 is 2.50 bits per heavy atom. The minimum absolute atomic E-state index is 0.176. The molecule has 0 aliphatic carbocycles. The van der Waals surface area contributed by atoms with E-state index < -0.39 is 0 Å². The lowest BCUT2D eigenvalue weighted by Crippen LogP contribution is -2.09. The van der Waals surface area contributed by atoms with Gasteiger partial charge in [-0.1, -0.05) is 39.0 Å². The lowest BCUT2D eigenvalue weighted by atomic mass is 9.95. The van der Waals surface area contributed by atoms with Gasteiger partial charge in [0.15, 0.2) is 0 Å². The molecular weight excluding hydrogens is 356 g/mol. The zero-order valence-corrected chi connectivity index (χ0v) is 16.4. The Bertz CT molecular complexity index is 1050. The first-order chi connectivity index (χ1) is 13.5. The fraction of sp³-hybridized carbons (Fsp3) is 0.304. The van der Waals surface area contributed by atoms with Crippen LogP contribution in [0, 0.1) is 0 Å². The van der Waals surface area contributed by atoms with Crippen molar-refractivity contribution in [3.63, 3.8) is 0 Å². The lowest BCUT2D eigenvalue weighted by Gasteiger charge is -2.11. The molecule has 2 aromatic carbocycles. The Hall–Kier alpha value is -3.08. The van der Waals surface area contributed by atoms with Gasteiger partial charge >= 0.3 is 11.6 Å². The van der Waals surface area contributed by atoms with Crippen LogP contribution in [-0.4, -0.2) is 12.8 Å². The van der Waals surface area contributed by atoms with Crippen LogP contribution < -0.4 is 10.4 Å². The van der Waals surface area contributed by atoms with Crippen LogP contribution in [0.25, 0.3) is 22.1 Å². The molecule has 0 saturated heterocycles. The van der Waals surface area contributed by atoms with Gasteiger partial charge in [-0.15, -0.1) is 0 Å². The highest BCUT2D eigenvalue weighted by Crippen LogP contribution is 2.27. The van der Waals surface area contributed by atoms with Crippen molar-refractivity contribution in [3.8, 4) is 16.9 Å². The van der Waals surface area contributed by atoms with Gasteiger partial charge < -0.3 is 13.9 Å². The average molecular weight is 380 g/mol. The van der Waals surface area contributed by atoms with Gasteiger partial charge in [-0.2, -0.15) is 0 Å². The summed E-state index contributed by atoms with van der Waals surface area (Å²) in [5.41, 5.74) is 3.87. The van der Waals surface area contributed by atoms with Gasteiger partial charge in [0.1, 0.15) is 11.3 Å². The average Bonchev–Trinajstić information content (AvgIpc) is 2.72. The Morgan fingerprint density at radius 2 is 1.79 bits per heavy atom. The number of rotatable bonds is 7. The number of carbonyl (C=O) groups excluding carboxylic acids is 1. The maximum absolute atomic E-state index is 12.6. The number of ether oxygens (including phenoxy) is 2. The third-order valence-electron chi connectivity index (χ3n) is 4.69. The first-order valence-corrected chi connectivity index (χ1v) is 9.54. The van der Waals surface area contributed by atoms with Crippen LogP contribution in [-0.2, 0) is 22.4 Å². The zero-order valence-electron chi connectivity index (χ0n) is 16.4. The van der Waals surface area contributed by atoms with Crippen LogP contribution in [0.4, 0.5) is 0 Å². The molecule has 3 aromatic rings. The molecule has 28 heavy (non-hydrogen) atoms. The maximum Gasteiger partial charge on any atom is 0.344 e. The smallest absolute Gasteiger partial charge is 0.344 e. The van der Waals surface area contributed by atoms with E-state index in [0.29, 0.717) is 16.9 Å². The highest BCUT2D eigenvalue weighted by molar-refractivity contribution is 5.83. The van der Waals surface area contributed by atoms with Gasteiger partial charge in [-0.3, -0.25) is 4.79 Å². The summed E-state index contributed by atoms with van der Waals surface area (Å²) in [6, 6.07) is 13.2. The summed E-state index contributed by atoms with van der Waals surface area (Å²) >= 11 is 0. The van der Waals surface area contributed by atoms with Crippen LogP contribution >= 0.6 is 0 Å². The lowest BCUT2D eigenvalue weighted by molar-refractivity contribution is -0.149. The largest absolute Gasteiger partial charge is 0.457 e. The summed E-state index contributed by atoms with van der Waals surface area (Å²) in [4.78, 5) is 23.8. The molecule has 0 unspecified atom stereocenters. The highest BCUT2D eigenvalue weighted by Gasteiger charge is 2.12. The molecule has 0 radical (unpaired) electrons. The van der Waals surface area contributed by atoms with Gasteiger partial charge in [0.2, 0.25) is 6.79 Å². The second-order valence-electron chi connectivity index (χ2n) is 6.48. The third kappa shape index (κ3) is 4.25. The molecule has 1 heterocycles. The van der Waals surface area contributed by atoms with E-state index in [9.17, 15) is 9.59 Å². The van der Waals surface area contributed by atoms with Crippen molar-refractivity contribution in [1.82, 2.24) is 0 Å². The van der Waals surface area contributed by atoms with E-state index in [4.69, 9.17) is 13.9 Å². The third-order valence-corrected chi connectivity index (χ3v) is 4.69. The van der Waals surface area contributed by atoms with Crippen LogP contribution in [0.5, 0.6) is 5.75 Å². The first kappa shape index (κ1) is 19.7. The molecule has 0 spiro atoms. The number of hydrogen-bond donors (Lipinski definition) is 0. The van der Waals surface area contributed by atoms with Gasteiger partial charge in [0, 0.05) is 17.9 Å². The summed E-state index contributed by atoms with van der Waals surface area (Å²) in [6.07, 6.45) is 2.08. The monoisotopic (exact) mass is 380 g/mol. The number of aryl methyl sites for hydroxylation is 2. The van der Waals surface area contributed by atoms with Gasteiger partial charge in [-0.25, -0.2) is 4.79 Å². The van der Waals surface area contributed by atoms with Gasteiger partial charge in [-0.05, 0) is 47.7 Å². The molecule has 0 aliphatic rings. The van der Waals surface area contributed by atoms with E-state index in [1.54, 1.807) is 19.1 Å². The number of hydrogen-bond acceptors (Lipinski definition) is 5. The van der Waals surface area contributed by atoms with E-state index in [2.05, 4.69) is 19.9 Å². The maximum atomic E-state index is 12.6. The minimum Gasteiger partial charge on any atom is -0.457 e. The summed E-state index contributed by atoms with van der Waals surface area (Å²) in [5.74, 6) is 0.131. The summed E-state index contributed by atoms with van der Waals surface area (Å²) in [7, 11) is 0. The Labute approximate surface area is 163 Å². The Kier molecular flexibility index (Phi) is 6.14. The molecule has 5 nitrogen and oxygen atoms in total. The minimum atomic E-state index is -0.388. The van der Waals surface area contributed by atoms with E-state index >= 15 is 0 Å². The van der Waals surface area contributed by atoms with Crippen molar-refractivity contribution in [2.45, 2.75) is 40.0 Å². The molecule has 0 bridgehead atoms. The molecule has 1 aromatic heterocycles. The second kappa shape index (κ2) is 8.74. The van der Waals surface area contributed by atoms with Crippen LogP contribution in [0.15, 0.2) is 51.7 Å². The molecule has 0 atom stereocenters. The van der Waals surface area contributed by atoms with E-state index in [-0.39, 0.29) is 24.8 Å². The Morgan fingerprint density at radius 1 is 0.964 bits per heavy atom. The first-order valence-electron chi connectivity index (χ1n) is 9.54. The second-order valence-corrected chi connectivity index (χ2v) is 6.48. The number of benzene rings is 2. The van der Waals surface area contributed by atoms with E-state index in [1.807, 2.05) is 24.3 Å². The van der Waals surface area contributed by atoms with Crippen molar-refractivity contribution >= 4 is 16.9 Å². The fourth-order valence-corrected chi connectivity index (χ4v) is 3.06. The van der Waals surface area contributed by atoms with Crippen LogP contribution in [0.1, 0.15) is 38.3 Å². The van der Waals surface area contributed by atoms with Crippen molar-refractivity contribution in [2.75, 3.05) is 6.79 Å². The molecule has 5 heteroatoms. The molecule has 0 fully saturated rings. The molecular formula is C23H24O5. The summed E-state index contributed by atoms with van der Waals surface area (Å²) < 4.78 is 15.8.